The van der Waals surface area contributed by atoms with Crippen molar-refractivity contribution < 1.29 is 28.2 Å². The van der Waals surface area contributed by atoms with E-state index in [0.717, 1.165) is 0 Å². The third kappa shape index (κ3) is 3.43. The van der Waals surface area contributed by atoms with Crippen molar-refractivity contribution in [3.8, 4) is 0 Å². The molecule has 0 radical (unpaired) electrons. The third-order valence-corrected chi connectivity index (χ3v) is 2.26. The Labute approximate surface area is 92.6 Å². The maximum Gasteiger partial charge on any atom is 0.323 e. The predicted octanol–water partition coefficient (Wildman–Crippen LogP) is 2.08. The molecule has 1 atom stereocenters. The van der Waals surface area contributed by atoms with Crippen LogP contribution in [0.4, 0.5) is 8.78 Å². The Morgan fingerprint density at radius 1 is 1.38 bits per heavy atom. The number of carboxylic acid groups (broad SMARTS) is 1. The zero-order chi connectivity index (χ0) is 12.8. The average molecular weight is 238 g/mol. The van der Waals surface area contributed by atoms with Gasteiger partial charge in [-0.1, -0.05) is 13.3 Å². The van der Waals surface area contributed by atoms with Crippen LogP contribution in [0.25, 0.3) is 0 Å². The first-order chi connectivity index (χ1) is 7.40. The van der Waals surface area contributed by atoms with E-state index in [-0.39, 0.29) is 13.0 Å². The Hall–Kier alpha value is -1.20. The van der Waals surface area contributed by atoms with E-state index in [2.05, 4.69) is 4.74 Å². The van der Waals surface area contributed by atoms with Gasteiger partial charge in [-0.05, 0) is 13.3 Å². The van der Waals surface area contributed by atoms with E-state index >= 15 is 0 Å². The lowest BCUT2D eigenvalue weighted by Crippen LogP contribution is -2.42. The fraction of sp³-hybridized carbons (Fsp3) is 0.800. The maximum absolute atomic E-state index is 12.3. The van der Waals surface area contributed by atoms with Crippen molar-refractivity contribution >= 4 is 11.9 Å². The first-order valence-electron chi connectivity index (χ1n) is 5.09. The summed E-state index contributed by atoms with van der Waals surface area (Å²) in [4.78, 5) is 22.5. The zero-order valence-corrected chi connectivity index (χ0v) is 9.33. The van der Waals surface area contributed by atoms with Gasteiger partial charge in [-0.2, -0.15) is 0 Å². The standard InChI is InChI=1S/C10H16F2O4/c1-3-5-10(8(13)14,6-7(11)12)9(15)16-4-2/h7H,3-6H2,1-2H3,(H,13,14). The summed E-state index contributed by atoms with van der Waals surface area (Å²) in [5, 5.41) is 8.97. The molecule has 94 valence electrons. The normalized spacial score (nSPS) is 14.6. The number of carbonyl (C=O) groups excluding carboxylic acids is 1. The molecule has 0 aliphatic rings. The molecule has 0 aromatic heterocycles. The minimum Gasteiger partial charge on any atom is -0.480 e. The van der Waals surface area contributed by atoms with Gasteiger partial charge in [0.05, 0.1) is 6.61 Å². The Balaban J connectivity index is 5.07. The number of rotatable bonds is 7. The average Bonchev–Trinajstić information content (AvgIpc) is 2.16. The summed E-state index contributed by atoms with van der Waals surface area (Å²) in [6, 6.07) is 0. The van der Waals surface area contributed by atoms with E-state index in [4.69, 9.17) is 5.11 Å². The fourth-order valence-electron chi connectivity index (χ4n) is 1.53. The summed E-state index contributed by atoms with van der Waals surface area (Å²) in [6.45, 7) is 3.10. The summed E-state index contributed by atoms with van der Waals surface area (Å²) in [5.74, 6) is -2.63. The largest absolute Gasteiger partial charge is 0.480 e. The monoisotopic (exact) mass is 238 g/mol. The lowest BCUT2D eigenvalue weighted by Gasteiger charge is -2.26. The molecular formula is C10H16F2O4. The molecule has 0 heterocycles. The lowest BCUT2D eigenvalue weighted by molar-refractivity contribution is -0.172. The summed E-state index contributed by atoms with van der Waals surface area (Å²) in [7, 11) is 0. The van der Waals surface area contributed by atoms with Crippen molar-refractivity contribution in [1.29, 1.82) is 0 Å². The molecule has 0 amide bonds. The predicted molar refractivity (Wildman–Crippen MR) is 52.2 cm³/mol. The first kappa shape index (κ1) is 14.8. The number of hydrogen-bond donors (Lipinski definition) is 1. The number of alkyl halides is 2. The van der Waals surface area contributed by atoms with Gasteiger partial charge in [0.1, 0.15) is 0 Å². The molecule has 0 aromatic rings. The van der Waals surface area contributed by atoms with Gasteiger partial charge in [-0.25, -0.2) is 8.78 Å². The molecule has 0 rings (SSSR count). The van der Waals surface area contributed by atoms with Gasteiger partial charge >= 0.3 is 11.9 Å². The van der Waals surface area contributed by atoms with Crippen LogP contribution >= 0.6 is 0 Å². The third-order valence-electron chi connectivity index (χ3n) is 2.26. The van der Waals surface area contributed by atoms with Crippen molar-refractivity contribution in [3.63, 3.8) is 0 Å². The lowest BCUT2D eigenvalue weighted by atomic mass is 9.80. The molecule has 0 saturated heterocycles. The van der Waals surface area contributed by atoms with Crippen molar-refractivity contribution in [2.45, 2.75) is 39.5 Å². The summed E-state index contributed by atoms with van der Waals surface area (Å²) >= 11 is 0. The first-order valence-corrected chi connectivity index (χ1v) is 5.09. The van der Waals surface area contributed by atoms with Gasteiger partial charge in [-0.3, -0.25) is 9.59 Å². The summed E-state index contributed by atoms with van der Waals surface area (Å²) in [5.41, 5.74) is -2.11. The SMILES string of the molecule is CCCC(CC(F)F)(C(=O)O)C(=O)OCC. The van der Waals surface area contributed by atoms with E-state index in [9.17, 15) is 18.4 Å². The second-order valence-corrected chi connectivity index (χ2v) is 3.45. The van der Waals surface area contributed by atoms with E-state index in [0.29, 0.717) is 6.42 Å². The molecule has 4 nitrogen and oxygen atoms in total. The highest BCUT2D eigenvalue weighted by Crippen LogP contribution is 2.33. The number of esters is 1. The van der Waals surface area contributed by atoms with Crippen LogP contribution in [0.5, 0.6) is 0 Å². The molecule has 0 bridgehead atoms. The Morgan fingerprint density at radius 2 is 1.94 bits per heavy atom. The van der Waals surface area contributed by atoms with E-state index in [1.165, 1.54) is 6.92 Å². The molecule has 1 unspecified atom stereocenters. The second-order valence-electron chi connectivity index (χ2n) is 3.45. The molecule has 0 fully saturated rings. The van der Waals surface area contributed by atoms with Gasteiger partial charge in [0.15, 0.2) is 5.41 Å². The number of aliphatic carboxylic acids is 1. The van der Waals surface area contributed by atoms with E-state index in [1.807, 2.05) is 0 Å². The Morgan fingerprint density at radius 3 is 2.25 bits per heavy atom. The van der Waals surface area contributed by atoms with Gasteiger partial charge in [-0.15, -0.1) is 0 Å². The van der Waals surface area contributed by atoms with Crippen LogP contribution in [0, 0.1) is 5.41 Å². The number of carbonyl (C=O) groups is 2. The van der Waals surface area contributed by atoms with Crippen molar-refractivity contribution in [2.75, 3.05) is 6.61 Å². The highest BCUT2D eigenvalue weighted by Gasteiger charge is 2.48. The zero-order valence-electron chi connectivity index (χ0n) is 9.33. The minimum atomic E-state index is -2.85. The number of ether oxygens (including phenoxy) is 1. The molecule has 16 heavy (non-hydrogen) atoms. The molecule has 0 aromatic carbocycles. The molecular weight excluding hydrogens is 222 g/mol. The number of hydrogen-bond acceptors (Lipinski definition) is 3. The van der Waals surface area contributed by atoms with E-state index < -0.39 is 30.2 Å². The summed E-state index contributed by atoms with van der Waals surface area (Å²) in [6.07, 6.45) is -3.69. The fourth-order valence-corrected chi connectivity index (χ4v) is 1.53. The van der Waals surface area contributed by atoms with Crippen LogP contribution < -0.4 is 0 Å². The second kappa shape index (κ2) is 6.40. The van der Waals surface area contributed by atoms with Gasteiger partial charge in [0, 0.05) is 6.42 Å². The van der Waals surface area contributed by atoms with Crippen LogP contribution in [-0.4, -0.2) is 30.1 Å². The number of halogens is 2. The van der Waals surface area contributed by atoms with Crippen LogP contribution in [0.1, 0.15) is 33.1 Å². The van der Waals surface area contributed by atoms with Crippen molar-refractivity contribution in [3.05, 3.63) is 0 Å². The van der Waals surface area contributed by atoms with Crippen LogP contribution in [-0.2, 0) is 14.3 Å². The number of carboxylic acids is 1. The van der Waals surface area contributed by atoms with Gasteiger partial charge in [0.25, 0.3) is 0 Å². The topological polar surface area (TPSA) is 63.6 Å². The molecule has 6 heteroatoms. The van der Waals surface area contributed by atoms with Crippen LogP contribution in [0.3, 0.4) is 0 Å². The highest BCUT2D eigenvalue weighted by atomic mass is 19.3. The van der Waals surface area contributed by atoms with Crippen molar-refractivity contribution in [2.24, 2.45) is 5.41 Å². The smallest absolute Gasteiger partial charge is 0.323 e. The van der Waals surface area contributed by atoms with Crippen LogP contribution in [0.15, 0.2) is 0 Å². The van der Waals surface area contributed by atoms with Gasteiger partial charge < -0.3 is 9.84 Å². The highest BCUT2D eigenvalue weighted by molar-refractivity contribution is 5.99. The maximum atomic E-state index is 12.3. The Kier molecular flexibility index (Phi) is 5.92. The van der Waals surface area contributed by atoms with Crippen LogP contribution in [0.2, 0.25) is 0 Å². The minimum absolute atomic E-state index is 0.0270. The van der Waals surface area contributed by atoms with Gasteiger partial charge in [0.2, 0.25) is 6.43 Å². The summed E-state index contributed by atoms with van der Waals surface area (Å²) < 4.78 is 29.3. The molecule has 0 saturated carbocycles. The molecule has 1 N–H and O–H groups in total. The van der Waals surface area contributed by atoms with Crippen molar-refractivity contribution in [1.82, 2.24) is 0 Å². The Bertz CT molecular complexity index is 255. The van der Waals surface area contributed by atoms with E-state index in [1.54, 1.807) is 6.92 Å². The molecule has 0 aliphatic carbocycles. The molecule has 0 spiro atoms. The molecule has 0 aliphatic heterocycles. The quantitative estimate of drug-likeness (QED) is 0.544.